The summed E-state index contributed by atoms with van der Waals surface area (Å²) >= 11 is 4.64. The van der Waals surface area contributed by atoms with Crippen LogP contribution in [0.25, 0.3) is 10.9 Å². The summed E-state index contributed by atoms with van der Waals surface area (Å²) in [6, 6.07) is 14.7. The molecular weight excluding hydrogens is 452 g/mol. The van der Waals surface area contributed by atoms with Gasteiger partial charge in [-0.15, -0.1) is 0 Å². The predicted molar refractivity (Wildman–Crippen MR) is 119 cm³/mol. The summed E-state index contributed by atoms with van der Waals surface area (Å²) in [5, 5.41) is 12.6. The van der Waals surface area contributed by atoms with E-state index in [-0.39, 0.29) is 17.2 Å². The van der Waals surface area contributed by atoms with Crippen molar-refractivity contribution in [3.63, 3.8) is 0 Å². The van der Waals surface area contributed by atoms with Crippen LogP contribution in [0.4, 0.5) is 5.69 Å². The number of rotatable bonds is 7. The van der Waals surface area contributed by atoms with Gasteiger partial charge in [0.2, 0.25) is 5.91 Å². The number of nitriles is 1. The van der Waals surface area contributed by atoms with Crippen molar-refractivity contribution in [1.29, 1.82) is 5.26 Å². The van der Waals surface area contributed by atoms with E-state index in [0.29, 0.717) is 34.7 Å². The van der Waals surface area contributed by atoms with E-state index in [9.17, 15) is 9.59 Å². The van der Waals surface area contributed by atoms with Crippen molar-refractivity contribution in [2.24, 2.45) is 0 Å². The molecule has 8 heteroatoms. The molecule has 0 aliphatic carbocycles. The molecule has 6 nitrogen and oxygen atoms in total. The summed E-state index contributed by atoms with van der Waals surface area (Å²) in [4.78, 5) is 29.8. The minimum absolute atomic E-state index is 0.103. The third-order valence-corrected chi connectivity index (χ3v) is 5.65. The van der Waals surface area contributed by atoms with E-state index >= 15 is 0 Å². The average molecular weight is 471 g/mol. The molecule has 0 atom stereocenters. The number of hydrogen-bond acceptors (Lipinski definition) is 5. The summed E-state index contributed by atoms with van der Waals surface area (Å²) in [5.74, 6) is -0.0470. The van der Waals surface area contributed by atoms with Crippen LogP contribution in [0.5, 0.6) is 0 Å². The molecule has 3 rings (SSSR count). The second-order valence-corrected chi connectivity index (χ2v) is 8.24. The number of thioether (sulfide) groups is 1. The zero-order valence-electron chi connectivity index (χ0n) is 15.8. The Kier molecular flexibility index (Phi) is 7.07. The van der Waals surface area contributed by atoms with Crippen LogP contribution in [0.3, 0.4) is 0 Å². The number of carbonyl (C=O) groups excluding carboxylic acids is 1. The van der Waals surface area contributed by atoms with Gasteiger partial charge in [-0.2, -0.15) is 5.26 Å². The molecule has 29 heavy (non-hydrogen) atoms. The first-order valence-corrected chi connectivity index (χ1v) is 10.9. The molecule has 0 saturated heterocycles. The second-order valence-electron chi connectivity index (χ2n) is 6.38. The quantitative estimate of drug-likeness (QED) is 0.409. The van der Waals surface area contributed by atoms with Gasteiger partial charge in [0.15, 0.2) is 5.16 Å². The SMILES string of the molecule is CCCn1c(SCC(=O)Nc2ccc(CC#N)cc2)nc2ccc(Br)cc2c1=O. The number of nitrogens with one attached hydrogen (secondary N) is 1. The summed E-state index contributed by atoms with van der Waals surface area (Å²) in [6.45, 7) is 2.53. The highest BCUT2D eigenvalue weighted by molar-refractivity contribution is 9.10. The van der Waals surface area contributed by atoms with Gasteiger partial charge >= 0.3 is 0 Å². The van der Waals surface area contributed by atoms with Crippen molar-refractivity contribution in [2.75, 3.05) is 11.1 Å². The molecular formula is C21H19BrN4O2S. The third-order valence-electron chi connectivity index (χ3n) is 4.18. The van der Waals surface area contributed by atoms with Gasteiger partial charge in [0, 0.05) is 16.7 Å². The fourth-order valence-electron chi connectivity index (χ4n) is 2.83. The number of halogens is 1. The predicted octanol–water partition coefficient (Wildman–Crippen LogP) is 4.37. The lowest BCUT2D eigenvalue weighted by molar-refractivity contribution is -0.113. The van der Waals surface area contributed by atoms with Crippen LogP contribution in [-0.2, 0) is 17.8 Å². The van der Waals surface area contributed by atoms with Gasteiger partial charge in [0.25, 0.3) is 5.56 Å². The van der Waals surface area contributed by atoms with Crippen LogP contribution in [-0.4, -0.2) is 21.2 Å². The Morgan fingerprint density at radius 2 is 2.03 bits per heavy atom. The van der Waals surface area contributed by atoms with Gasteiger partial charge in [-0.25, -0.2) is 4.98 Å². The minimum atomic E-state index is -0.184. The summed E-state index contributed by atoms with van der Waals surface area (Å²) in [7, 11) is 0. The third kappa shape index (κ3) is 5.25. The molecule has 0 radical (unpaired) electrons. The minimum Gasteiger partial charge on any atom is -0.325 e. The molecule has 0 aliphatic rings. The normalized spacial score (nSPS) is 10.7. The lowest BCUT2D eigenvalue weighted by Gasteiger charge is -2.12. The molecule has 0 spiro atoms. The van der Waals surface area contributed by atoms with Crippen LogP contribution in [0.15, 0.2) is 56.9 Å². The number of aromatic nitrogens is 2. The fraction of sp³-hybridized carbons (Fsp3) is 0.238. The number of anilines is 1. The lowest BCUT2D eigenvalue weighted by atomic mass is 10.1. The van der Waals surface area contributed by atoms with Crippen molar-refractivity contribution in [3.8, 4) is 6.07 Å². The highest BCUT2D eigenvalue weighted by atomic mass is 79.9. The number of hydrogen-bond donors (Lipinski definition) is 1. The van der Waals surface area contributed by atoms with Gasteiger partial charge in [0.1, 0.15) is 0 Å². The second kappa shape index (κ2) is 9.72. The number of fused-ring (bicyclic) bond motifs is 1. The van der Waals surface area contributed by atoms with Gasteiger partial charge in [-0.1, -0.05) is 46.7 Å². The maximum absolute atomic E-state index is 12.9. The molecule has 1 amide bonds. The highest BCUT2D eigenvalue weighted by Crippen LogP contribution is 2.21. The lowest BCUT2D eigenvalue weighted by Crippen LogP contribution is -2.24. The van der Waals surface area contributed by atoms with Crippen LogP contribution < -0.4 is 10.9 Å². The molecule has 0 unspecified atom stereocenters. The van der Waals surface area contributed by atoms with Gasteiger partial charge in [-0.05, 0) is 42.3 Å². The fourth-order valence-corrected chi connectivity index (χ4v) is 4.01. The Balaban J connectivity index is 1.76. The molecule has 0 fully saturated rings. The molecule has 0 aliphatic heterocycles. The summed E-state index contributed by atoms with van der Waals surface area (Å²) in [5.41, 5.74) is 2.07. The monoisotopic (exact) mass is 470 g/mol. The maximum atomic E-state index is 12.9. The van der Waals surface area contributed by atoms with Crippen molar-refractivity contribution >= 4 is 50.2 Å². The van der Waals surface area contributed by atoms with E-state index in [4.69, 9.17) is 5.26 Å². The molecule has 2 aromatic carbocycles. The van der Waals surface area contributed by atoms with E-state index in [1.807, 2.05) is 25.1 Å². The first-order valence-electron chi connectivity index (χ1n) is 9.10. The summed E-state index contributed by atoms with van der Waals surface area (Å²) < 4.78 is 2.45. The number of benzene rings is 2. The first-order chi connectivity index (χ1) is 14.0. The Morgan fingerprint density at radius 1 is 1.28 bits per heavy atom. The molecule has 0 bridgehead atoms. The van der Waals surface area contributed by atoms with E-state index < -0.39 is 0 Å². The van der Waals surface area contributed by atoms with Gasteiger partial charge < -0.3 is 5.32 Å². The molecule has 1 heterocycles. The standard InChI is InChI=1S/C21H19BrN4O2S/c1-2-11-26-20(28)17-12-15(22)5-8-18(17)25-21(26)29-13-19(27)24-16-6-3-14(4-7-16)9-10-23/h3-8,12H,2,9,11,13H2,1H3,(H,24,27). The van der Waals surface area contributed by atoms with Gasteiger partial charge in [0.05, 0.1) is 29.1 Å². The van der Waals surface area contributed by atoms with E-state index in [0.717, 1.165) is 16.5 Å². The highest BCUT2D eigenvalue weighted by Gasteiger charge is 2.13. The number of amides is 1. The molecule has 1 aromatic heterocycles. The smallest absolute Gasteiger partial charge is 0.262 e. The molecule has 3 aromatic rings. The van der Waals surface area contributed by atoms with Crippen LogP contribution in [0.1, 0.15) is 18.9 Å². The molecule has 0 saturated carbocycles. The van der Waals surface area contributed by atoms with Crippen LogP contribution >= 0.6 is 27.7 Å². The average Bonchev–Trinajstić information content (AvgIpc) is 2.71. The van der Waals surface area contributed by atoms with E-state index in [2.05, 4.69) is 32.3 Å². The largest absolute Gasteiger partial charge is 0.325 e. The Morgan fingerprint density at radius 3 is 2.72 bits per heavy atom. The van der Waals surface area contributed by atoms with Crippen molar-refractivity contribution in [3.05, 3.63) is 62.9 Å². The van der Waals surface area contributed by atoms with Crippen LogP contribution in [0, 0.1) is 11.3 Å². The number of carbonyl (C=O) groups is 1. The zero-order chi connectivity index (χ0) is 20.8. The topological polar surface area (TPSA) is 87.8 Å². The first kappa shape index (κ1) is 21.1. The zero-order valence-corrected chi connectivity index (χ0v) is 18.2. The summed E-state index contributed by atoms with van der Waals surface area (Å²) in [6.07, 6.45) is 1.12. The van der Waals surface area contributed by atoms with Crippen molar-refractivity contribution < 1.29 is 4.79 Å². The Hall–Kier alpha value is -2.63. The number of nitrogens with zero attached hydrogens (tertiary/aromatic N) is 3. The van der Waals surface area contributed by atoms with Crippen molar-refractivity contribution in [2.45, 2.75) is 31.5 Å². The van der Waals surface area contributed by atoms with E-state index in [1.165, 1.54) is 11.8 Å². The van der Waals surface area contributed by atoms with Crippen LogP contribution in [0.2, 0.25) is 0 Å². The van der Waals surface area contributed by atoms with Crippen molar-refractivity contribution in [1.82, 2.24) is 9.55 Å². The Bertz CT molecular complexity index is 1140. The van der Waals surface area contributed by atoms with E-state index in [1.54, 1.807) is 28.8 Å². The maximum Gasteiger partial charge on any atom is 0.262 e. The molecule has 148 valence electrons. The molecule has 1 N–H and O–H groups in total. The Labute approximate surface area is 181 Å². The van der Waals surface area contributed by atoms with Gasteiger partial charge in [-0.3, -0.25) is 14.2 Å².